The van der Waals surface area contributed by atoms with Crippen molar-refractivity contribution in [2.24, 2.45) is 7.05 Å². The molecule has 0 fully saturated rings. The SMILES string of the molecule is CC(O)C(=O)Nc1cc2ccccc2n(C)c1=O. The number of aromatic nitrogens is 1. The van der Waals surface area contributed by atoms with Crippen molar-refractivity contribution in [3.63, 3.8) is 0 Å². The van der Waals surface area contributed by atoms with Crippen LogP contribution in [-0.2, 0) is 11.8 Å². The van der Waals surface area contributed by atoms with Gasteiger partial charge in [-0.2, -0.15) is 0 Å². The number of carbonyl (C=O) groups excluding carboxylic acids is 1. The molecule has 1 amide bonds. The zero-order chi connectivity index (χ0) is 13.3. The van der Waals surface area contributed by atoms with Gasteiger partial charge in [-0.05, 0) is 19.1 Å². The van der Waals surface area contributed by atoms with Crippen molar-refractivity contribution in [2.75, 3.05) is 5.32 Å². The highest BCUT2D eigenvalue weighted by Gasteiger charge is 2.12. The van der Waals surface area contributed by atoms with E-state index in [1.807, 2.05) is 24.3 Å². The lowest BCUT2D eigenvalue weighted by atomic mass is 10.2. The van der Waals surface area contributed by atoms with Crippen LogP contribution < -0.4 is 10.9 Å². The summed E-state index contributed by atoms with van der Waals surface area (Å²) in [5.41, 5.74) is 0.655. The molecule has 0 radical (unpaired) electrons. The highest BCUT2D eigenvalue weighted by molar-refractivity contribution is 5.95. The van der Waals surface area contributed by atoms with Crippen LogP contribution in [0.3, 0.4) is 0 Å². The largest absolute Gasteiger partial charge is 0.384 e. The fourth-order valence-electron chi connectivity index (χ4n) is 1.75. The average Bonchev–Trinajstić information content (AvgIpc) is 2.35. The van der Waals surface area contributed by atoms with Crippen molar-refractivity contribution in [1.29, 1.82) is 0 Å². The number of amides is 1. The fraction of sp³-hybridized carbons (Fsp3) is 0.231. The first kappa shape index (κ1) is 12.3. The van der Waals surface area contributed by atoms with Crippen LogP contribution in [0.2, 0.25) is 0 Å². The molecular formula is C13H14N2O3. The van der Waals surface area contributed by atoms with Crippen LogP contribution in [0.1, 0.15) is 6.92 Å². The van der Waals surface area contributed by atoms with E-state index in [4.69, 9.17) is 5.11 Å². The monoisotopic (exact) mass is 246 g/mol. The molecule has 0 saturated carbocycles. The molecule has 94 valence electrons. The van der Waals surface area contributed by atoms with Gasteiger partial charge in [-0.1, -0.05) is 18.2 Å². The first-order valence-corrected chi connectivity index (χ1v) is 5.58. The van der Waals surface area contributed by atoms with Gasteiger partial charge in [-0.3, -0.25) is 9.59 Å². The third-order valence-electron chi connectivity index (χ3n) is 2.77. The van der Waals surface area contributed by atoms with E-state index < -0.39 is 12.0 Å². The summed E-state index contributed by atoms with van der Waals surface area (Å²) in [4.78, 5) is 23.4. The third-order valence-corrected chi connectivity index (χ3v) is 2.77. The molecule has 1 atom stereocenters. The van der Waals surface area contributed by atoms with Gasteiger partial charge < -0.3 is 15.0 Å². The third kappa shape index (κ3) is 2.12. The van der Waals surface area contributed by atoms with Crippen molar-refractivity contribution in [2.45, 2.75) is 13.0 Å². The first-order valence-electron chi connectivity index (χ1n) is 5.58. The topological polar surface area (TPSA) is 71.3 Å². The summed E-state index contributed by atoms with van der Waals surface area (Å²) in [7, 11) is 1.64. The molecule has 18 heavy (non-hydrogen) atoms. The van der Waals surface area contributed by atoms with E-state index in [0.717, 1.165) is 10.9 Å². The summed E-state index contributed by atoms with van der Waals surface area (Å²) in [6.07, 6.45) is -1.15. The number of aliphatic hydroxyl groups excluding tert-OH is 1. The Balaban J connectivity index is 2.56. The lowest BCUT2D eigenvalue weighted by Gasteiger charge is -2.10. The van der Waals surface area contributed by atoms with Crippen molar-refractivity contribution < 1.29 is 9.90 Å². The van der Waals surface area contributed by atoms with Crippen LogP contribution in [0, 0.1) is 0 Å². The molecule has 2 N–H and O–H groups in total. The Hall–Kier alpha value is -2.14. The van der Waals surface area contributed by atoms with Crippen LogP contribution in [0.4, 0.5) is 5.69 Å². The van der Waals surface area contributed by atoms with Crippen molar-refractivity contribution in [3.05, 3.63) is 40.7 Å². The van der Waals surface area contributed by atoms with Crippen LogP contribution in [0.25, 0.3) is 10.9 Å². The maximum absolute atomic E-state index is 12.0. The Bertz CT molecular complexity index is 659. The molecule has 1 aromatic heterocycles. The first-order chi connectivity index (χ1) is 8.50. The number of anilines is 1. The number of aliphatic hydroxyl groups is 1. The standard InChI is InChI=1S/C13H14N2O3/c1-8(16)12(17)14-10-7-9-5-3-4-6-11(9)15(2)13(10)18/h3-8,16H,1-2H3,(H,14,17). The number of hydrogen-bond acceptors (Lipinski definition) is 3. The van der Waals surface area contributed by atoms with Gasteiger partial charge >= 0.3 is 0 Å². The molecule has 0 spiro atoms. The lowest BCUT2D eigenvalue weighted by molar-refractivity contribution is -0.123. The minimum absolute atomic E-state index is 0.169. The van der Waals surface area contributed by atoms with Gasteiger partial charge in [-0.15, -0.1) is 0 Å². The second-order valence-corrected chi connectivity index (χ2v) is 4.15. The minimum atomic E-state index is -1.15. The number of pyridine rings is 1. The van der Waals surface area contributed by atoms with Gasteiger partial charge in [0.1, 0.15) is 11.8 Å². The number of fused-ring (bicyclic) bond motifs is 1. The molecular weight excluding hydrogens is 232 g/mol. The maximum Gasteiger partial charge on any atom is 0.274 e. The van der Waals surface area contributed by atoms with E-state index in [1.165, 1.54) is 11.5 Å². The van der Waals surface area contributed by atoms with Crippen molar-refractivity contribution in [1.82, 2.24) is 4.57 Å². The molecule has 1 heterocycles. The fourth-order valence-corrected chi connectivity index (χ4v) is 1.75. The predicted octanol–water partition coefficient (Wildman–Crippen LogP) is 0.858. The van der Waals surface area contributed by atoms with Gasteiger partial charge in [0.05, 0.1) is 5.52 Å². The minimum Gasteiger partial charge on any atom is -0.384 e. The molecule has 0 saturated heterocycles. The van der Waals surface area contributed by atoms with Crippen LogP contribution in [-0.4, -0.2) is 21.7 Å². The quantitative estimate of drug-likeness (QED) is 0.825. The van der Waals surface area contributed by atoms with Gasteiger partial charge in [0.2, 0.25) is 0 Å². The van der Waals surface area contributed by atoms with Crippen LogP contribution >= 0.6 is 0 Å². The summed E-state index contributed by atoms with van der Waals surface area (Å²) in [5, 5.41) is 12.4. The Morgan fingerprint density at radius 2 is 2.06 bits per heavy atom. The average molecular weight is 246 g/mol. The molecule has 5 nitrogen and oxygen atoms in total. The summed E-state index contributed by atoms with van der Waals surface area (Å²) in [5.74, 6) is -0.595. The number of para-hydroxylation sites is 1. The number of rotatable bonds is 2. The second-order valence-electron chi connectivity index (χ2n) is 4.15. The normalized spacial score (nSPS) is 12.4. The van der Waals surface area contributed by atoms with Gasteiger partial charge in [0.15, 0.2) is 0 Å². The van der Waals surface area contributed by atoms with E-state index in [0.29, 0.717) is 0 Å². The van der Waals surface area contributed by atoms with Crippen molar-refractivity contribution >= 4 is 22.5 Å². The van der Waals surface area contributed by atoms with Gasteiger partial charge in [0, 0.05) is 12.4 Å². The molecule has 0 bridgehead atoms. The summed E-state index contributed by atoms with van der Waals surface area (Å²) >= 11 is 0. The van der Waals surface area contributed by atoms with Gasteiger partial charge in [0.25, 0.3) is 11.5 Å². The second kappa shape index (κ2) is 4.62. The number of benzene rings is 1. The van der Waals surface area contributed by atoms with Crippen molar-refractivity contribution in [3.8, 4) is 0 Å². The lowest BCUT2D eigenvalue weighted by Crippen LogP contribution is -2.29. The highest BCUT2D eigenvalue weighted by Crippen LogP contribution is 2.14. The van der Waals surface area contributed by atoms with E-state index in [9.17, 15) is 9.59 Å². The summed E-state index contributed by atoms with van der Waals surface area (Å²) in [6, 6.07) is 8.99. The molecule has 2 aromatic rings. The van der Waals surface area contributed by atoms with E-state index in [2.05, 4.69) is 5.32 Å². The molecule has 0 aliphatic carbocycles. The summed E-state index contributed by atoms with van der Waals surface area (Å²) < 4.78 is 1.47. The molecule has 1 unspecified atom stereocenters. The van der Waals surface area contributed by atoms with E-state index in [1.54, 1.807) is 13.1 Å². The Labute approximate surface area is 104 Å². The van der Waals surface area contributed by atoms with Gasteiger partial charge in [-0.25, -0.2) is 0 Å². The Kier molecular flexibility index (Phi) is 3.16. The highest BCUT2D eigenvalue weighted by atomic mass is 16.3. The number of hydrogen-bond donors (Lipinski definition) is 2. The number of carbonyl (C=O) groups is 1. The molecule has 2 rings (SSSR count). The maximum atomic E-state index is 12.0. The summed E-state index contributed by atoms with van der Waals surface area (Å²) in [6.45, 7) is 1.35. The number of nitrogens with zero attached hydrogens (tertiary/aromatic N) is 1. The Morgan fingerprint density at radius 1 is 1.39 bits per heavy atom. The van der Waals surface area contributed by atoms with E-state index in [-0.39, 0.29) is 11.2 Å². The number of nitrogens with one attached hydrogen (secondary N) is 1. The molecule has 0 aliphatic heterocycles. The smallest absolute Gasteiger partial charge is 0.274 e. The number of aryl methyl sites for hydroxylation is 1. The van der Waals surface area contributed by atoms with Crippen LogP contribution in [0.15, 0.2) is 35.1 Å². The molecule has 0 aliphatic rings. The zero-order valence-electron chi connectivity index (χ0n) is 10.2. The zero-order valence-corrected chi connectivity index (χ0v) is 10.2. The van der Waals surface area contributed by atoms with E-state index >= 15 is 0 Å². The Morgan fingerprint density at radius 3 is 2.72 bits per heavy atom. The van der Waals surface area contributed by atoms with Crippen LogP contribution in [0.5, 0.6) is 0 Å². The predicted molar refractivity (Wildman–Crippen MR) is 69.5 cm³/mol. The molecule has 1 aromatic carbocycles. The molecule has 5 heteroatoms.